The van der Waals surface area contributed by atoms with Crippen LogP contribution in [0.4, 0.5) is 0 Å². The lowest BCUT2D eigenvalue weighted by Crippen LogP contribution is -2.45. The highest BCUT2D eigenvalue weighted by Crippen LogP contribution is 2.13. The quantitative estimate of drug-likeness (QED) is 0.730. The van der Waals surface area contributed by atoms with Crippen molar-refractivity contribution in [3.05, 3.63) is 0 Å². The van der Waals surface area contributed by atoms with Crippen molar-refractivity contribution in [3.63, 3.8) is 0 Å². The van der Waals surface area contributed by atoms with Gasteiger partial charge < -0.3 is 15.2 Å². The Morgan fingerprint density at radius 1 is 1.50 bits per heavy atom. The summed E-state index contributed by atoms with van der Waals surface area (Å²) in [7, 11) is 0. The first-order valence-corrected chi connectivity index (χ1v) is 5.65. The average Bonchev–Trinajstić information content (AvgIpc) is 2.68. The molecule has 0 unspecified atom stereocenters. The van der Waals surface area contributed by atoms with E-state index < -0.39 is 18.1 Å². The van der Waals surface area contributed by atoms with Crippen molar-refractivity contribution in [2.24, 2.45) is 5.92 Å². The first kappa shape index (κ1) is 13.0. The molecule has 0 spiro atoms. The van der Waals surface area contributed by atoms with Crippen LogP contribution in [0.1, 0.15) is 33.1 Å². The summed E-state index contributed by atoms with van der Waals surface area (Å²) in [5.74, 6) is -1.06. The Kier molecular flexibility index (Phi) is 4.73. The van der Waals surface area contributed by atoms with Gasteiger partial charge >= 0.3 is 5.97 Å². The van der Waals surface area contributed by atoms with Gasteiger partial charge in [0.2, 0.25) is 5.91 Å². The standard InChI is InChI=1S/C11H19NO4/c1-7(2)6-8(11(14)15)12-10(13)9-4-3-5-16-9/h7-9H,3-6H2,1-2H3,(H,12,13)(H,14,15)/t8-,9-/m0/s1. The minimum absolute atomic E-state index is 0.228. The number of carboxylic acid groups (broad SMARTS) is 1. The molecule has 1 aliphatic heterocycles. The third-order valence-electron chi connectivity index (χ3n) is 2.54. The van der Waals surface area contributed by atoms with Crippen molar-refractivity contribution in [2.75, 3.05) is 6.61 Å². The molecule has 0 aromatic heterocycles. The fraction of sp³-hybridized carbons (Fsp3) is 0.818. The van der Waals surface area contributed by atoms with Gasteiger partial charge in [-0.05, 0) is 25.2 Å². The second-order valence-electron chi connectivity index (χ2n) is 4.53. The van der Waals surface area contributed by atoms with Crippen molar-refractivity contribution in [1.82, 2.24) is 5.32 Å². The fourth-order valence-electron chi connectivity index (χ4n) is 1.74. The maximum atomic E-state index is 11.6. The summed E-state index contributed by atoms with van der Waals surface area (Å²) < 4.78 is 5.20. The second-order valence-corrected chi connectivity index (χ2v) is 4.53. The summed E-state index contributed by atoms with van der Waals surface area (Å²) in [5.41, 5.74) is 0. The van der Waals surface area contributed by atoms with E-state index in [0.717, 1.165) is 6.42 Å². The Hall–Kier alpha value is -1.10. The van der Waals surface area contributed by atoms with Crippen LogP contribution >= 0.6 is 0 Å². The van der Waals surface area contributed by atoms with Gasteiger partial charge in [-0.2, -0.15) is 0 Å². The zero-order valence-corrected chi connectivity index (χ0v) is 9.73. The molecular formula is C11H19NO4. The average molecular weight is 229 g/mol. The van der Waals surface area contributed by atoms with Gasteiger partial charge in [-0.1, -0.05) is 13.8 Å². The number of hydrogen-bond acceptors (Lipinski definition) is 3. The molecule has 1 fully saturated rings. The summed E-state index contributed by atoms with van der Waals surface area (Å²) in [6.07, 6.45) is 1.52. The summed E-state index contributed by atoms with van der Waals surface area (Å²) in [5, 5.41) is 11.5. The van der Waals surface area contributed by atoms with Crippen LogP contribution in [0.15, 0.2) is 0 Å². The molecule has 0 aromatic rings. The minimum Gasteiger partial charge on any atom is -0.480 e. The maximum absolute atomic E-state index is 11.6. The normalized spacial score (nSPS) is 22.1. The fourth-order valence-corrected chi connectivity index (χ4v) is 1.74. The number of ether oxygens (including phenoxy) is 1. The van der Waals surface area contributed by atoms with E-state index in [9.17, 15) is 9.59 Å². The molecular weight excluding hydrogens is 210 g/mol. The molecule has 2 atom stereocenters. The van der Waals surface area contributed by atoms with Gasteiger partial charge in [0.05, 0.1) is 0 Å². The minimum atomic E-state index is -0.986. The van der Waals surface area contributed by atoms with Gasteiger partial charge in [-0.25, -0.2) is 4.79 Å². The molecule has 16 heavy (non-hydrogen) atoms. The molecule has 1 saturated heterocycles. The molecule has 92 valence electrons. The van der Waals surface area contributed by atoms with Crippen LogP contribution in [0.2, 0.25) is 0 Å². The summed E-state index contributed by atoms with van der Waals surface area (Å²) >= 11 is 0. The molecule has 1 aliphatic rings. The number of aliphatic carboxylic acids is 1. The van der Waals surface area contributed by atoms with E-state index in [-0.39, 0.29) is 11.8 Å². The predicted molar refractivity (Wildman–Crippen MR) is 58.0 cm³/mol. The largest absolute Gasteiger partial charge is 0.480 e. The summed E-state index contributed by atoms with van der Waals surface area (Å²) in [6, 6.07) is -0.809. The highest BCUT2D eigenvalue weighted by Gasteiger charge is 2.28. The van der Waals surface area contributed by atoms with E-state index in [1.165, 1.54) is 0 Å². The molecule has 0 radical (unpaired) electrons. The SMILES string of the molecule is CC(C)C[C@H](NC(=O)[C@@H]1CCCO1)C(=O)O. The number of hydrogen-bond donors (Lipinski definition) is 2. The molecule has 5 nitrogen and oxygen atoms in total. The van der Waals surface area contributed by atoms with Gasteiger partial charge in [-0.15, -0.1) is 0 Å². The van der Waals surface area contributed by atoms with E-state index in [2.05, 4.69) is 5.32 Å². The van der Waals surface area contributed by atoms with Crippen LogP contribution in [0, 0.1) is 5.92 Å². The Balaban J connectivity index is 2.47. The van der Waals surface area contributed by atoms with Gasteiger partial charge in [0.1, 0.15) is 12.1 Å². The monoisotopic (exact) mass is 229 g/mol. The van der Waals surface area contributed by atoms with Gasteiger partial charge in [0.25, 0.3) is 0 Å². The molecule has 5 heteroatoms. The maximum Gasteiger partial charge on any atom is 0.326 e. The molecule has 0 aliphatic carbocycles. The van der Waals surface area contributed by atoms with Crippen molar-refractivity contribution in [3.8, 4) is 0 Å². The molecule has 0 aromatic carbocycles. The Morgan fingerprint density at radius 3 is 2.62 bits per heavy atom. The van der Waals surface area contributed by atoms with Gasteiger partial charge in [0, 0.05) is 6.61 Å². The molecule has 0 bridgehead atoms. The zero-order valence-electron chi connectivity index (χ0n) is 9.73. The third-order valence-corrected chi connectivity index (χ3v) is 2.54. The first-order chi connectivity index (χ1) is 7.50. The summed E-state index contributed by atoms with van der Waals surface area (Å²) in [4.78, 5) is 22.6. The number of carboxylic acids is 1. The third kappa shape index (κ3) is 3.81. The Labute approximate surface area is 95.2 Å². The van der Waals surface area contributed by atoms with Crippen LogP contribution in [0.3, 0.4) is 0 Å². The number of carbonyl (C=O) groups excluding carboxylic acids is 1. The van der Waals surface area contributed by atoms with Crippen LogP contribution in [0.5, 0.6) is 0 Å². The molecule has 1 heterocycles. The van der Waals surface area contributed by atoms with Crippen molar-refractivity contribution >= 4 is 11.9 Å². The van der Waals surface area contributed by atoms with E-state index in [0.29, 0.717) is 19.4 Å². The zero-order chi connectivity index (χ0) is 12.1. The molecule has 0 saturated carbocycles. The van der Waals surface area contributed by atoms with E-state index in [1.807, 2.05) is 13.8 Å². The Morgan fingerprint density at radius 2 is 2.19 bits per heavy atom. The predicted octanol–water partition coefficient (Wildman–Crippen LogP) is 0.781. The number of amides is 1. The smallest absolute Gasteiger partial charge is 0.326 e. The van der Waals surface area contributed by atoms with Crippen LogP contribution in [-0.4, -0.2) is 35.7 Å². The Bertz CT molecular complexity index is 259. The molecule has 2 N–H and O–H groups in total. The highest BCUT2D eigenvalue weighted by molar-refractivity contribution is 5.86. The van der Waals surface area contributed by atoms with Gasteiger partial charge in [-0.3, -0.25) is 4.79 Å². The van der Waals surface area contributed by atoms with E-state index >= 15 is 0 Å². The topological polar surface area (TPSA) is 75.6 Å². The number of rotatable bonds is 5. The highest BCUT2D eigenvalue weighted by atomic mass is 16.5. The second kappa shape index (κ2) is 5.84. The summed E-state index contributed by atoms with van der Waals surface area (Å²) in [6.45, 7) is 4.43. The number of nitrogens with one attached hydrogen (secondary N) is 1. The van der Waals surface area contributed by atoms with Crippen molar-refractivity contribution in [1.29, 1.82) is 0 Å². The van der Waals surface area contributed by atoms with E-state index in [1.54, 1.807) is 0 Å². The van der Waals surface area contributed by atoms with Gasteiger partial charge in [0.15, 0.2) is 0 Å². The van der Waals surface area contributed by atoms with Crippen molar-refractivity contribution < 1.29 is 19.4 Å². The number of carbonyl (C=O) groups is 2. The van der Waals surface area contributed by atoms with Crippen LogP contribution in [-0.2, 0) is 14.3 Å². The molecule has 1 amide bonds. The molecule has 1 rings (SSSR count). The lowest BCUT2D eigenvalue weighted by atomic mass is 10.0. The first-order valence-electron chi connectivity index (χ1n) is 5.65. The van der Waals surface area contributed by atoms with Crippen LogP contribution in [0.25, 0.3) is 0 Å². The lowest BCUT2D eigenvalue weighted by molar-refractivity contribution is -0.144. The van der Waals surface area contributed by atoms with E-state index in [4.69, 9.17) is 9.84 Å². The van der Waals surface area contributed by atoms with Crippen LogP contribution < -0.4 is 5.32 Å². The lowest BCUT2D eigenvalue weighted by Gasteiger charge is -2.18. The van der Waals surface area contributed by atoms with Crippen molar-refractivity contribution in [2.45, 2.75) is 45.3 Å².